The number of pyridine rings is 1. The van der Waals surface area contributed by atoms with Crippen LogP contribution < -0.4 is 10.9 Å². The monoisotopic (exact) mass is 319 g/mol. The minimum absolute atomic E-state index is 0.109. The maximum absolute atomic E-state index is 12.3. The Morgan fingerprint density at radius 1 is 1.30 bits per heavy atom. The number of amides is 2. The van der Waals surface area contributed by atoms with Crippen LogP contribution in [-0.4, -0.2) is 41.3 Å². The Balaban J connectivity index is 1.91. The van der Waals surface area contributed by atoms with Crippen molar-refractivity contribution in [3.05, 3.63) is 33.7 Å². The minimum atomic E-state index is -0.254. The average molecular weight is 319 g/mol. The van der Waals surface area contributed by atoms with E-state index in [0.29, 0.717) is 18.0 Å². The highest BCUT2D eigenvalue weighted by Gasteiger charge is 2.21. The van der Waals surface area contributed by atoms with Gasteiger partial charge in [0.05, 0.1) is 0 Å². The smallest absolute Gasteiger partial charge is 0.251 e. The Kier molecular flexibility index (Phi) is 5.58. The highest BCUT2D eigenvalue weighted by atomic mass is 16.2. The molecule has 23 heavy (non-hydrogen) atoms. The molecule has 1 saturated heterocycles. The summed E-state index contributed by atoms with van der Waals surface area (Å²) >= 11 is 0. The molecule has 0 bridgehead atoms. The quantitative estimate of drug-likeness (QED) is 0.882. The second-order valence-electron chi connectivity index (χ2n) is 6.50. The fraction of sp³-hybridized carbons (Fsp3) is 0.588. The van der Waals surface area contributed by atoms with Crippen LogP contribution in [-0.2, 0) is 4.79 Å². The Morgan fingerprint density at radius 2 is 1.96 bits per heavy atom. The number of carbonyl (C=O) groups is 2. The van der Waals surface area contributed by atoms with E-state index in [4.69, 9.17) is 0 Å². The predicted octanol–water partition coefficient (Wildman–Crippen LogP) is 1.49. The zero-order valence-electron chi connectivity index (χ0n) is 14.0. The van der Waals surface area contributed by atoms with E-state index in [1.165, 1.54) is 6.07 Å². The zero-order chi connectivity index (χ0) is 17.0. The molecular weight excluding hydrogens is 294 g/mol. The third kappa shape index (κ3) is 4.68. The van der Waals surface area contributed by atoms with Crippen molar-refractivity contribution in [2.24, 2.45) is 5.92 Å². The summed E-state index contributed by atoms with van der Waals surface area (Å²) in [5, 5.41) is 2.91. The summed E-state index contributed by atoms with van der Waals surface area (Å²) < 4.78 is 0. The van der Waals surface area contributed by atoms with Crippen molar-refractivity contribution < 1.29 is 9.59 Å². The Hall–Kier alpha value is -2.11. The summed E-state index contributed by atoms with van der Waals surface area (Å²) in [6.07, 6.45) is 1.79. The van der Waals surface area contributed by atoms with Gasteiger partial charge in [0.1, 0.15) is 0 Å². The van der Waals surface area contributed by atoms with E-state index in [-0.39, 0.29) is 23.3 Å². The highest BCUT2D eigenvalue weighted by molar-refractivity contribution is 5.94. The van der Waals surface area contributed by atoms with Crippen molar-refractivity contribution in [2.45, 2.75) is 39.5 Å². The first kappa shape index (κ1) is 17.2. The molecule has 126 valence electrons. The maximum Gasteiger partial charge on any atom is 0.251 e. The number of hydrogen-bond acceptors (Lipinski definition) is 3. The molecular formula is C17H25N3O3. The van der Waals surface area contributed by atoms with Crippen molar-refractivity contribution in [3.63, 3.8) is 0 Å². The van der Waals surface area contributed by atoms with Crippen LogP contribution in [0.2, 0.25) is 0 Å². The first-order valence-corrected chi connectivity index (χ1v) is 8.14. The first-order chi connectivity index (χ1) is 10.9. The van der Waals surface area contributed by atoms with E-state index >= 15 is 0 Å². The van der Waals surface area contributed by atoms with Crippen LogP contribution in [0.1, 0.15) is 55.6 Å². The molecule has 2 amide bonds. The average Bonchev–Trinajstić information content (AvgIpc) is 2.52. The summed E-state index contributed by atoms with van der Waals surface area (Å²) in [6.45, 7) is 7.60. The van der Waals surface area contributed by atoms with E-state index in [1.54, 1.807) is 13.0 Å². The lowest BCUT2D eigenvalue weighted by molar-refractivity contribution is -0.130. The van der Waals surface area contributed by atoms with Crippen LogP contribution in [0, 0.1) is 5.92 Å². The van der Waals surface area contributed by atoms with Crippen LogP contribution in [0.5, 0.6) is 0 Å². The molecule has 0 atom stereocenters. The van der Waals surface area contributed by atoms with E-state index in [1.807, 2.05) is 18.7 Å². The Labute approximate surface area is 136 Å². The Bertz CT molecular complexity index is 628. The molecule has 0 unspecified atom stereocenters. The van der Waals surface area contributed by atoms with Gasteiger partial charge in [0.15, 0.2) is 0 Å². The number of piperidine rings is 1. The fourth-order valence-electron chi connectivity index (χ4n) is 2.80. The second kappa shape index (κ2) is 7.44. The van der Waals surface area contributed by atoms with Gasteiger partial charge < -0.3 is 15.2 Å². The van der Waals surface area contributed by atoms with Crippen LogP contribution in [0.3, 0.4) is 0 Å². The van der Waals surface area contributed by atoms with Crippen LogP contribution in [0.4, 0.5) is 0 Å². The van der Waals surface area contributed by atoms with Gasteiger partial charge in [0.25, 0.3) is 5.91 Å². The molecule has 0 saturated carbocycles. The summed E-state index contributed by atoms with van der Waals surface area (Å²) in [6, 6.07) is 3.07. The molecule has 2 heterocycles. The standard InChI is InChI=1S/C17H25N3O3/c1-11(2)15-8-14(9-16(22)19-15)17(23)18-10-13-4-6-20(7-5-13)12(3)21/h8-9,11,13H,4-7,10H2,1-3H3,(H,18,23)(H,19,22). The molecule has 0 spiro atoms. The van der Waals surface area contributed by atoms with Gasteiger partial charge in [0, 0.05) is 43.9 Å². The summed E-state index contributed by atoms with van der Waals surface area (Å²) in [5.41, 5.74) is 0.909. The van der Waals surface area contributed by atoms with Crippen molar-refractivity contribution >= 4 is 11.8 Å². The number of aromatic nitrogens is 1. The third-order valence-corrected chi connectivity index (χ3v) is 4.36. The number of nitrogens with zero attached hydrogens (tertiary/aromatic N) is 1. The van der Waals surface area contributed by atoms with E-state index in [9.17, 15) is 14.4 Å². The molecule has 1 aliphatic heterocycles. The molecule has 1 fully saturated rings. The number of hydrogen-bond donors (Lipinski definition) is 2. The maximum atomic E-state index is 12.3. The van der Waals surface area contributed by atoms with Crippen LogP contribution >= 0.6 is 0 Å². The van der Waals surface area contributed by atoms with Crippen LogP contribution in [0.25, 0.3) is 0 Å². The number of aromatic amines is 1. The molecule has 1 aromatic rings. The number of rotatable bonds is 4. The van der Waals surface area contributed by atoms with Crippen molar-refractivity contribution in [3.8, 4) is 0 Å². The van der Waals surface area contributed by atoms with Gasteiger partial charge >= 0.3 is 0 Å². The van der Waals surface area contributed by atoms with Gasteiger partial charge in [-0.1, -0.05) is 13.8 Å². The Morgan fingerprint density at radius 3 is 2.52 bits per heavy atom. The summed E-state index contributed by atoms with van der Waals surface area (Å²) in [5.74, 6) is 0.427. The number of H-pyrrole nitrogens is 1. The van der Waals surface area contributed by atoms with E-state index < -0.39 is 0 Å². The molecule has 0 aromatic carbocycles. The third-order valence-electron chi connectivity index (χ3n) is 4.36. The van der Waals surface area contributed by atoms with Crippen molar-refractivity contribution in [1.82, 2.24) is 15.2 Å². The van der Waals surface area contributed by atoms with Crippen molar-refractivity contribution in [1.29, 1.82) is 0 Å². The van der Waals surface area contributed by atoms with Gasteiger partial charge in [-0.3, -0.25) is 14.4 Å². The van der Waals surface area contributed by atoms with Gasteiger partial charge in [-0.05, 0) is 30.7 Å². The van der Waals surface area contributed by atoms with Gasteiger partial charge in [-0.25, -0.2) is 0 Å². The predicted molar refractivity (Wildman–Crippen MR) is 88.5 cm³/mol. The molecule has 0 aliphatic carbocycles. The van der Waals surface area contributed by atoms with Gasteiger partial charge in [0.2, 0.25) is 11.5 Å². The molecule has 0 radical (unpaired) electrons. The van der Waals surface area contributed by atoms with E-state index in [2.05, 4.69) is 10.3 Å². The zero-order valence-corrected chi connectivity index (χ0v) is 14.0. The topological polar surface area (TPSA) is 82.3 Å². The lowest BCUT2D eigenvalue weighted by Crippen LogP contribution is -2.40. The molecule has 1 aliphatic rings. The van der Waals surface area contributed by atoms with Crippen molar-refractivity contribution in [2.75, 3.05) is 19.6 Å². The molecule has 1 aromatic heterocycles. The lowest BCUT2D eigenvalue weighted by atomic mass is 9.96. The number of likely N-dealkylation sites (tertiary alicyclic amines) is 1. The van der Waals surface area contributed by atoms with Crippen LogP contribution in [0.15, 0.2) is 16.9 Å². The number of nitrogens with one attached hydrogen (secondary N) is 2. The van der Waals surface area contributed by atoms with Gasteiger partial charge in [-0.2, -0.15) is 0 Å². The number of carbonyl (C=O) groups excluding carboxylic acids is 2. The fourth-order valence-corrected chi connectivity index (χ4v) is 2.80. The molecule has 6 heteroatoms. The molecule has 2 rings (SSSR count). The SMILES string of the molecule is CC(=O)N1CCC(CNC(=O)c2cc(C(C)C)[nH]c(=O)c2)CC1. The summed E-state index contributed by atoms with van der Waals surface area (Å²) in [7, 11) is 0. The summed E-state index contributed by atoms with van der Waals surface area (Å²) in [4.78, 5) is 39.8. The molecule has 2 N–H and O–H groups in total. The highest BCUT2D eigenvalue weighted by Crippen LogP contribution is 2.16. The van der Waals surface area contributed by atoms with E-state index in [0.717, 1.165) is 31.6 Å². The normalized spacial score (nSPS) is 15.7. The largest absolute Gasteiger partial charge is 0.352 e. The molecule has 6 nitrogen and oxygen atoms in total. The van der Waals surface area contributed by atoms with Gasteiger partial charge in [-0.15, -0.1) is 0 Å². The first-order valence-electron chi connectivity index (χ1n) is 8.14. The lowest BCUT2D eigenvalue weighted by Gasteiger charge is -2.31. The minimum Gasteiger partial charge on any atom is -0.352 e. The second-order valence-corrected chi connectivity index (χ2v) is 6.50.